The summed E-state index contributed by atoms with van der Waals surface area (Å²) >= 11 is 0. The van der Waals surface area contributed by atoms with Crippen molar-refractivity contribution < 1.29 is 13.2 Å². The standard InChI is InChI=1S/C15H24N2O3S/c1-13-12-17(10-3-11-20-13)21(18,19)15-6-4-14(5-7-15)8-9-16-2/h4-7,13,16H,3,8-12H2,1-2H3. The van der Waals surface area contributed by atoms with Gasteiger partial charge in [-0.2, -0.15) is 4.31 Å². The molecule has 1 heterocycles. The number of benzene rings is 1. The molecule has 1 fully saturated rings. The van der Waals surface area contributed by atoms with Crippen LogP contribution in [0.15, 0.2) is 29.2 Å². The molecule has 0 aliphatic carbocycles. The molecule has 1 N–H and O–H groups in total. The maximum atomic E-state index is 12.7. The van der Waals surface area contributed by atoms with Crippen LogP contribution in [-0.2, 0) is 21.2 Å². The number of nitrogens with one attached hydrogen (secondary N) is 1. The summed E-state index contributed by atoms with van der Waals surface area (Å²) in [6.45, 7) is 4.36. The first-order valence-corrected chi connectivity index (χ1v) is 8.83. The number of nitrogens with zero attached hydrogens (tertiary/aromatic N) is 1. The second-order valence-corrected chi connectivity index (χ2v) is 7.33. The molecule has 1 aliphatic rings. The third-order valence-electron chi connectivity index (χ3n) is 3.64. The van der Waals surface area contributed by atoms with Crippen molar-refractivity contribution >= 4 is 10.0 Å². The molecule has 1 aromatic rings. The Balaban J connectivity index is 2.14. The van der Waals surface area contributed by atoms with Gasteiger partial charge in [-0.3, -0.25) is 0 Å². The Morgan fingerprint density at radius 1 is 1.33 bits per heavy atom. The quantitative estimate of drug-likeness (QED) is 0.889. The molecule has 0 radical (unpaired) electrons. The van der Waals surface area contributed by atoms with Crippen LogP contribution >= 0.6 is 0 Å². The van der Waals surface area contributed by atoms with Gasteiger partial charge in [-0.25, -0.2) is 8.42 Å². The predicted octanol–water partition coefficient (Wildman–Crippen LogP) is 1.25. The highest BCUT2D eigenvalue weighted by Crippen LogP contribution is 2.19. The summed E-state index contributed by atoms with van der Waals surface area (Å²) in [5, 5.41) is 3.08. The molecule has 2 rings (SSSR count). The normalized spacial score (nSPS) is 21.1. The maximum Gasteiger partial charge on any atom is 0.243 e. The van der Waals surface area contributed by atoms with E-state index in [-0.39, 0.29) is 6.10 Å². The van der Waals surface area contributed by atoms with E-state index in [0.717, 1.165) is 24.9 Å². The highest BCUT2D eigenvalue weighted by molar-refractivity contribution is 7.89. The minimum Gasteiger partial charge on any atom is -0.377 e. The number of hydrogen-bond donors (Lipinski definition) is 1. The van der Waals surface area contributed by atoms with Gasteiger partial charge in [-0.1, -0.05) is 12.1 Å². The summed E-state index contributed by atoms with van der Waals surface area (Å²) in [6.07, 6.45) is 1.58. The first-order valence-electron chi connectivity index (χ1n) is 7.39. The number of likely N-dealkylation sites (N-methyl/N-ethyl adjacent to an activating group) is 1. The second kappa shape index (κ2) is 7.35. The Morgan fingerprint density at radius 2 is 2.05 bits per heavy atom. The van der Waals surface area contributed by atoms with E-state index in [9.17, 15) is 8.42 Å². The summed E-state index contributed by atoms with van der Waals surface area (Å²) in [5.41, 5.74) is 1.14. The summed E-state index contributed by atoms with van der Waals surface area (Å²) in [7, 11) is -1.51. The van der Waals surface area contributed by atoms with Crippen molar-refractivity contribution in [3.05, 3.63) is 29.8 Å². The molecule has 1 saturated heterocycles. The summed E-state index contributed by atoms with van der Waals surface area (Å²) in [6, 6.07) is 7.19. The lowest BCUT2D eigenvalue weighted by Gasteiger charge is -2.21. The molecule has 1 aliphatic heterocycles. The molecule has 0 aromatic heterocycles. The molecule has 0 spiro atoms. The van der Waals surface area contributed by atoms with Crippen molar-refractivity contribution in [1.82, 2.24) is 9.62 Å². The van der Waals surface area contributed by atoms with Gasteiger partial charge in [0, 0.05) is 19.7 Å². The first kappa shape index (κ1) is 16.4. The fourth-order valence-electron chi connectivity index (χ4n) is 2.42. The Kier molecular flexibility index (Phi) is 5.75. The van der Waals surface area contributed by atoms with Crippen molar-refractivity contribution in [3.8, 4) is 0 Å². The Morgan fingerprint density at radius 3 is 2.71 bits per heavy atom. The van der Waals surface area contributed by atoms with E-state index < -0.39 is 10.0 Å². The maximum absolute atomic E-state index is 12.7. The van der Waals surface area contributed by atoms with Crippen LogP contribution in [0.2, 0.25) is 0 Å². The smallest absolute Gasteiger partial charge is 0.243 e. The molecule has 1 atom stereocenters. The minimum atomic E-state index is -3.42. The highest BCUT2D eigenvalue weighted by Gasteiger charge is 2.27. The largest absolute Gasteiger partial charge is 0.377 e. The van der Waals surface area contributed by atoms with E-state index in [2.05, 4.69) is 5.32 Å². The van der Waals surface area contributed by atoms with Crippen molar-refractivity contribution in [2.75, 3.05) is 33.3 Å². The Bertz CT molecular complexity index is 543. The van der Waals surface area contributed by atoms with Gasteiger partial charge < -0.3 is 10.1 Å². The van der Waals surface area contributed by atoms with Crippen LogP contribution < -0.4 is 5.32 Å². The van der Waals surface area contributed by atoms with Crippen LogP contribution in [-0.4, -0.2) is 52.1 Å². The molecule has 118 valence electrons. The van der Waals surface area contributed by atoms with Crippen LogP contribution in [0.3, 0.4) is 0 Å². The lowest BCUT2D eigenvalue weighted by Crippen LogP contribution is -2.35. The molecule has 21 heavy (non-hydrogen) atoms. The van der Waals surface area contributed by atoms with E-state index in [0.29, 0.717) is 24.6 Å². The monoisotopic (exact) mass is 312 g/mol. The molecule has 0 saturated carbocycles. The average Bonchev–Trinajstić information content (AvgIpc) is 2.70. The SMILES string of the molecule is CNCCc1ccc(S(=O)(=O)N2CCCOC(C)C2)cc1. The van der Waals surface area contributed by atoms with Gasteiger partial charge in [-0.15, -0.1) is 0 Å². The van der Waals surface area contributed by atoms with Crippen LogP contribution in [0.1, 0.15) is 18.9 Å². The fourth-order valence-corrected chi connectivity index (χ4v) is 3.97. The second-order valence-electron chi connectivity index (χ2n) is 5.40. The van der Waals surface area contributed by atoms with E-state index in [4.69, 9.17) is 4.74 Å². The number of ether oxygens (including phenoxy) is 1. The topological polar surface area (TPSA) is 58.6 Å². The molecular weight excluding hydrogens is 288 g/mol. The van der Waals surface area contributed by atoms with E-state index in [1.165, 1.54) is 4.31 Å². The molecule has 1 unspecified atom stereocenters. The van der Waals surface area contributed by atoms with Gasteiger partial charge >= 0.3 is 0 Å². The molecular formula is C15H24N2O3S. The summed E-state index contributed by atoms with van der Waals surface area (Å²) < 4.78 is 32.4. The van der Waals surface area contributed by atoms with Gasteiger partial charge in [0.15, 0.2) is 0 Å². The summed E-state index contributed by atoms with van der Waals surface area (Å²) in [4.78, 5) is 0.366. The van der Waals surface area contributed by atoms with Crippen LogP contribution in [0, 0.1) is 0 Å². The Hall–Kier alpha value is -0.950. The van der Waals surface area contributed by atoms with Crippen LogP contribution in [0.25, 0.3) is 0 Å². The van der Waals surface area contributed by atoms with E-state index in [1.54, 1.807) is 12.1 Å². The van der Waals surface area contributed by atoms with Crippen LogP contribution in [0.4, 0.5) is 0 Å². The number of rotatable bonds is 5. The third-order valence-corrected chi connectivity index (χ3v) is 5.52. The van der Waals surface area contributed by atoms with Gasteiger partial charge in [0.2, 0.25) is 10.0 Å². The highest BCUT2D eigenvalue weighted by atomic mass is 32.2. The minimum absolute atomic E-state index is 0.0582. The van der Waals surface area contributed by atoms with Gasteiger partial charge in [-0.05, 0) is 51.1 Å². The lowest BCUT2D eigenvalue weighted by molar-refractivity contribution is 0.0752. The lowest BCUT2D eigenvalue weighted by atomic mass is 10.1. The third kappa shape index (κ3) is 4.26. The molecule has 5 nitrogen and oxygen atoms in total. The number of hydrogen-bond acceptors (Lipinski definition) is 4. The first-order chi connectivity index (χ1) is 10.0. The van der Waals surface area contributed by atoms with Crippen molar-refractivity contribution in [2.45, 2.75) is 30.8 Å². The van der Waals surface area contributed by atoms with E-state index >= 15 is 0 Å². The van der Waals surface area contributed by atoms with Gasteiger partial charge in [0.25, 0.3) is 0 Å². The van der Waals surface area contributed by atoms with Crippen molar-refractivity contribution in [1.29, 1.82) is 0 Å². The fraction of sp³-hybridized carbons (Fsp3) is 0.600. The van der Waals surface area contributed by atoms with Crippen LogP contribution in [0.5, 0.6) is 0 Å². The molecule has 1 aromatic carbocycles. The van der Waals surface area contributed by atoms with E-state index in [1.807, 2.05) is 26.1 Å². The molecule has 6 heteroatoms. The zero-order valence-corrected chi connectivity index (χ0v) is 13.5. The molecule has 0 amide bonds. The van der Waals surface area contributed by atoms with Gasteiger partial charge in [0.05, 0.1) is 11.0 Å². The zero-order chi connectivity index (χ0) is 15.3. The van der Waals surface area contributed by atoms with Crippen molar-refractivity contribution in [3.63, 3.8) is 0 Å². The predicted molar refractivity (Wildman–Crippen MR) is 82.9 cm³/mol. The van der Waals surface area contributed by atoms with Crippen molar-refractivity contribution in [2.24, 2.45) is 0 Å². The zero-order valence-electron chi connectivity index (χ0n) is 12.7. The number of sulfonamides is 1. The van der Waals surface area contributed by atoms with Gasteiger partial charge in [0.1, 0.15) is 0 Å². The Labute approximate surface area is 127 Å². The summed E-state index contributed by atoms with van der Waals surface area (Å²) in [5.74, 6) is 0. The molecule has 0 bridgehead atoms. The average molecular weight is 312 g/mol.